The fourth-order valence-electron chi connectivity index (χ4n) is 1.11. The van der Waals surface area contributed by atoms with E-state index in [-0.39, 0.29) is 5.75 Å². The first-order chi connectivity index (χ1) is 5.79. The molecule has 1 N–H and O–H groups in total. The van der Waals surface area contributed by atoms with E-state index in [2.05, 4.69) is 4.98 Å². The normalized spacial score (nSPS) is 10.4. The second-order valence-electron chi connectivity index (χ2n) is 2.50. The first-order valence-corrected chi connectivity index (χ1v) is 3.88. The van der Waals surface area contributed by atoms with Gasteiger partial charge < -0.3 is 5.11 Å². The maximum atomic E-state index is 9.26. The van der Waals surface area contributed by atoms with Crippen LogP contribution in [0.15, 0.2) is 30.6 Å². The highest BCUT2D eigenvalue weighted by Gasteiger charge is 2.02. The maximum Gasteiger partial charge on any atom is 0.134 e. The summed E-state index contributed by atoms with van der Waals surface area (Å²) in [4.78, 5) is 3.92. The molecule has 0 aliphatic rings. The van der Waals surface area contributed by atoms with Crippen LogP contribution >= 0.6 is 11.6 Å². The first-order valence-electron chi connectivity index (χ1n) is 3.50. The summed E-state index contributed by atoms with van der Waals surface area (Å²) in [6, 6.07) is 5.23. The molecule has 0 saturated heterocycles. The van der Waals surface area contributed by atoms with Crippen LogP contribution in [0.2, 0.25) is 5.02 Å². The summed E-state index contributed by atoms with van der Waals surface area (Å²) < 4.78 is 0. The molecule has 1 aromatic heterocycles. The van der Waals surface area contributed by atoms with Crippen LogP contribution in [0.1, 0.15) is 0 Å². The van der Waals surface area contributed by atoms with Crippen LogP contribution in [0.4, 0.5) is 0 Å². The third-order valence-corrected chi connectivity index (χ3v) is 2.13. The van der Waals surface area contributed by atoms with Gasteiger partial charge in [-0.2, -0.15) is 0 Å². The van der Waals surface area contributed by atoms with E-state index in [9.17, 15) is 5.11 Å². The van der Waals surface area contributed by atoms with Crippen molar-refractivity contribution in [2.75, 3.05) is 0 Å². The molecule has 60 valence electrons. The highest BCUT2D eigenvalue weighted by atomic mass is 35.5. The summed E-state index contributed by atoms with van der Waals surface area (Å²) in [5.74, 6) is 0.0946. The standard InChI is InChI=1S/C9H6ClNO/c10-9-7-5-11-4-3-6(7)1-2-8(9)12/h1-5,12H. The molecule has 2 rings (SSSR count). The number of hydrogen-bond acceptors (Lipinski definition) is 2. The van der Waals surface area contributed by atoms with E-state index < -0.39 is 0 Å². The number of pyridine rings is 1. The average molecular weight is 180 g/mol. The average Bonchev–Trinajstić information content (AvgIpc) is 2.12. The Morgan fingerprint density at radius 3 is 2.92 bits per heavy atom. The number of phenolic OH excluding ortho intramolecular Hbond substituents is 1. The minimum Gasteiger partial charge on any atom is -0.506 e. The lowest BCUT2D eigenvalue weighted by Gasteiger charge is -2.00. The first kappa shape index (κ1) is 7.37. The topological polar surface area (TPSA) is 33.1 Å². The number of halogens is 1. The van der Waals surface area contributed by atoms with E-state index in [1.54, 1.807) is 24.5 Å². The predicted octanol–water partition coefficient (Wildman–Crippen LogP) is 2.59. The second kappa shape index (κ2) is 2.64. The van der Waals surface area contributed by atoms with Gasteiger partial charge in [0, 0.05) is 17.8 Å². The molecule has 0 unspecified atom stereocenters. The van der Waals surface area contributed by atoms with Crippen LogP contribution in [0, 0.1) is 0 Å². The van der Waals surface area contributed by atoms with Gasteiger partial charge in [-0.15, -0.1) is 0 Å². The van der Waals surface area contributed by atoms with Crippen molar-refractivity contribution in [1.29, 1.82) is 0 Å². The smallest absolute Gasteiger partial charge is 0.134 e. The Balaban J connectivity index is 2.91. The molecule has 0 fully saturated rings. The number of aromatic nitrogens is 1. The van der Waals surface area contributed by atoms with Gasteiger partial charge in [-0.05, 0) is 17.5 Å². The van der Waals surface area contributed by atoms with Gasteiger partial charge in [-0.3, -0.25) is 4.98 Å². The number of hydrogen-bond donors (Lipinski definition) is 1. The molecule has 0 aliphatic carbocycles. The zero-order valence-electron chi connectivity index (χ0n) is 6.16. The highest BCUT2D eigenvalue weighted by Crippen LogP contribution is 2.30. The molecule has 0 radical (unpaired) electrons. The quantitative estimate of drug-likeness (QED) is 0.675. The lowest BCUT2D eigenvalue weighted by Crippen LogP contribution is -1.76. The number of fused-ring (bicyclic) bond motifs is 1. The molecule has 12 heavy (non-hydrogen) atoms. The van der Waals surface area contributed by atoms with Crippen LogP contribution < -0.4 is 0 Å². The summed E-state index contributed by atoms with van der Waals surface area (Å²) in [6.07, 6.45) is 3.33. The Hall–Kier alpha value is -1.28. The molecule has 0 atom stereocenters. The minimum atomic E-state index is 0.0946. The lowest BCUT2D eigenvalue weighted by molar-refractivity contribution is 0.476. The van der Waals surface area contributed by atoms with Crippen LogP contribution in [0.25, 0.3) is 10.8 Å². The molecule has 0 bridgehead atoms. The van der Waals surface area contributed by atoms with Gasteiger partial charge in [-0.1, -0.05) is 17.7 Å². The van der Waals surface area contributed by atoms with Gasteiger partial charge in [0.2, 0.25) is 0 Å². The van der Waals surface area contributed by atoms with E-state index in [4.69, 9.17) is 11.6 Å². The van der Waals surface area contributed by atoms with Gasteiger partial charge in [0.1, 0.15) is 5.75 Å². The molecular formula is C9H6ClNO. The summed E-state index contributed by atoms with van der Waals surface area (Å²) in [5.41, 5.74) is 0. The fraction of sp³-hybridized carbons (Fsp3) is 0. The number of rotatable bonds is 0. The van der Waals surface area contributed by atoms with E-state index in [1.807, 2.05) is 6.07 Å². The summed E-state index contributed by atoms with van der Waals surface area (Å²) >= 11 is 5.84. The summed E-state index contributed by atoms with van der Waals surface area (Å²) in [5, 5.41) is 11.4. The molecule has 0 spiro atoms. The predicted molar refractivity (Wildman–Crippen MR) is 48.4 cm³/mol. The number of benzene rings is 1. The lowest BCUT2D eigenvalue weighted by atomic mass is 10.2. The van der Waals surface area contributed by atoms with Crippen molar-refractivity contribution >= 4 is 22.4 Å². The fourth-order valence-corrected chi connectivity index (χ4v) is 1.33. The zero-order chi connectivity index (χ0) is 8.55. The summed E-state index contributed by atoms with van der Waals surface area (Å²) in [7, 11) is 0. The Kier molecular flexibility index (Phi) is 1.62. The molecule has 2 nitrogen and oxygen atoms in total. The zero-order valence-corrected chi connectivity index (χ0v) is 6.92. The molecular weight excluding hydrogens is 174 g/mol. The van der Waals surface area contributed by atoms with Gasteiger partial charge in [-0.25, -0.2) is 0 Å². The Morgan fingerprint density at radius 1 is 1.25 bits per heavy atom. The van der Waals surface area contributed by atoms with Crippen molar-refractivity contribution in [2.45, 2.75) is 0 Å². The third-order valence-electron chi connectivity index (χ3n) is 1.74. The molecule has 1 aromatic carbocycles. The Bertz CT molecular complexity index is 428. The summed E-state index contributed by atoms with van der Waals surface area (Å²) in [6.45, 7) is 0. The molecule has 0 amide bonds. The van der Waals surface area contributed by atoms with Crippen LogP contribution in [0.5, 0.6) is 5.75 Å². The van der Waals surface area contributed by atoms with Crippen molar-refractivity contribution in [3.05, 3.63) is 35.6 Å². The number of nitrogens with zero attached hydrogens (tertiary/aromatic N) is 1. The minimum absolute atomic E-state index is 0.0946. The van der Waals surface area contributed by atoms with Gasteiger partial charge in [0.25, 0.3) is 0 Å². The van der Waals surface area contributed by atoms with E-state index in [0.29, 0.717) is 5.02 Å². The van der Waals surface area contributed by atoms with Crippen molar-refractivity contribution in [3.63, 3.8) is 0 Å². The third kappa shape index (κ3) is 1.01. The molecule has 0 aliphatic heterocycles. The molecule has 1 heterocycles. The van der Waals surface area contributed by atoms with Gasteiger partial charge >= 0.3 is 0 Å². The Labute approximate surface area is 74.4 Å². The SMILES string of the molecule is Oc1ccc2ccncc2c1Cl. The monoisotopic (exact) mass is 179 g/mol. The second-order valence-corrected chi connectivity index (χ2v) is 2.87. The van der Waals surface area contributed by atoms with Crippen LogP contribution in [0.3, 0.4) is 0 Å². The molecule has 3 heteroatoms. The van der Waals surface area contributed by atoms with Gasteiger partial charge in [0.15, 0.2) is 0 Å². The largest absolute Gasteiger partial charge is 0.506 e. The maximum absolute atomic E-state index is 9.26. The van der Waals surface area contributed by atoms with Crippen molar-refractivity contribution in [1.82, 2.24) is 4.98 Å². The van der Waals surface area contributed by atoms with Crippen molar-refractivity contribution < 1.29 is 5.11 Å². The van der Waals surface area contributed by atoms with E-state index in [0.717, 1.165) is 10.8 Å². The van der Waals surface area contributed by atoms with Crippen LogP contribution in [-0.4, -0.2) is 10.1 Å². The van der Waals surface area contributed by atoms with E-state index in [1.165, 1.54) is 0 Å². The van der Waals surface area contributed by atoms with E-state index >= 15 is 0 Å². The number of aromatic hydroxyl groups is 1. The molecule has 0 saturated carbocycles. The highest BCUT2D eigenvalue weighted by molar-refractivity contribution is 6.36. The molecule has 2 aromatic rings. The van der Waals surface area contributed by atoms with Gasteiger partial charge in [0.05, 0.1) is 5.02 Å². The van der Waals surface area contributed by atoms with Crippen LogP contribution in [-0.2, 0) is 0 Å². The Morgan fingerprint density at radius 2 is 2.08 bits per heavy atom. The van der Waals surface area contributed by atoms with Crippen molar-refractivity contribution in [3.8, 4) is 5.75 Å². The van der Waals surface area contributed by atoms with Crippen molar-refractivity contribution in [2.24, 2.45) is 0 Å². The number of phenols is 1.